The number of nitrogens with two attached hydrogens (primary N) is 1. The van der Waals surface area contributed by atoms with E-state index in [0.717, 1.165) is 42.6 Å². The third-order valence-electron chi connectivity index (χ3n) is 3.69. The Balaban J connectivity index is 1.89. The van der Waals surface area contributed by atoms with Gasteiger partial charge in [-0.25, -0.2) is 4.98 Å². The number of benzene rings is 1. The van der Waals surface area contributed by atoms with Crippen molar-refractivity contribution in [2.24, 2.45) is 5.73 Å². The normalized spacial score (nSPS) is 16.6. The quantitative estimate of drug-likeness (QED) is 0.938. The molecule has 20 heavy (non-hydrogen) atoms. The summed E-state index contributed by atoms with van der Waals surface area (Å²) < 4.78 is 0. The van der Waals surface area contributed by atoms with E-state index in [2.05, 4.69) is 29.0 Å². The Hall–Kier alpha value is -1.43. The molecule has 0 radical (unpaired) electrons. The first-order valence-electron chi connectivity index (χ1n) is 6.96. The number of aromatic nitrogens is 1. The van der Waals surface area contributed by atoms with Crippen molar-refractivity contribution in [3.8, 4) is 11.3 Å². The summed E-state index contributed by atoms with van der Waals surface area (Å²) in [7, 11) is 2.17. The van der Waals surface area contributed by atoms with Gasteiger partial charge in [-0.3, -0.25) is 0 Å². The summed E-state index contributed by atoms with van der Waals surface area (Å²) >= 11 is 1.73. The summed E-state index contributed by atoms with van der Waals surface area (Å²) in [5.74, 6) is 0. The molecule has 3 rings (SSSR count). The minimum Gasteiger partial charge on any atom is -0.346 e. The Morgan fingerprint density at radius 2 is 1.85 bits per heavy atom. The average Bonchev–Trinajstić information content (AvgIpc) is 2.93. The Kier molecular flexibility index (Phi) is 4.00. The molecule has 1 aliphatic heterocycles. The lowest BCUT2D eigenvalue weighted by Crippen LogP contribution is -2.44. The highest BCUT2D eigenvalue weighted by Crippen LogP contribution is 2.33. The maximum atomic E-state index is 5.90. The molecule has 4 nitrogen and oxygen atoms in total. The first-order valence-corrected chi connectivity index (χ1v) is 7.78. The molecule has 2 heterocycles. The largest absolute Gasteiger partial charge is 0.346 e. The molecule has 2 aromatic rings. The van der Waals surface area contributed by atoms with Gasteiger partial charge in [-0.15, -0.1) is 0 Å². The van der Waals surface area contributed by atoms with Crippen LogP contribution < -0.4 is 10.6 Å². The highest BCUT2D eigenvalue weighted by molar-refractivity contribution is 7.16. The van der Waals surface area contributed by atoms with E-state index in [-0.39, 0.29) is 0 Å². The van der Waals surface area contributed by atoms with Gasteiger partial charge in [-0.1, -0.05) is 41.7 Å². The van der Waals surface area contributed by atoms with Crippen molar-refractivity contribution in [3.05, 3.63) is 35.2 Å². The summed E-state index contributed by atoms with van der Waals surface area (Å²) in [4.78, 5) is 10.7. The lowest BCUT2D eigenvalue weighted by molar-refractivity contribution is 0.313. The number of hydrogen-bond acceptors (Lipinski definition) is 5. The predicted octanol–water partition coefficient (Wildman–Crippen LogP) is 2.02. The lowest BCUT2D eigenvalue weighted by Gasteiger charge is -2.32. The predicted molar refractivity (Wildman–Crippen MR) is 85.2 cm³/mol. The molecule has 5 heteroatoms. The van der Waals surface area contributed by atoms with Crippen molar-refractivity contribution in [2.75, 3.05) is 38.1 Å². The molecule has 1 fully saturated rings. The zero-order chi connectivity index (χ0) is 13.9. The SMILES string of the molecule is CN1CCN(c2nc(-c3ccccc3)c(CN)s2)CC1. The fraction of sp³-hybridized carbons (Fsp3) is 0.400. The molecular formula is C15H20N4S. The average molecular weight is 288 g/mol. The second-order valence-corrected chi connectivity index (χ2v) is 6.19. The van der Waals surface area contributed by atoms with E-state index in [1.807, 2.05) is 18.2 Å². The summed E-state index contributed by atoms with van der Waals surface area (Å²) in [6.45, 7) is 4.83. The molecule has 0 aliphatic carbocycles. The van der Waals surface area contributed by atoms with Crippen LogP contribution in [-0.2, 0) is 6.54 Å². The van der Waals surface area contributed by atoms with Crippen molar-refractivity contribution in [1.29, 1.82) is 0 Å². The summed E-state index contributed by atoms with van der Waals surface area (Å²) in [5, 5.41) is 1.11. The topological polar surface area (TPSA) is 45.4 Å². The van der Waals surface area contributed by atoms with E-state index in [4.69, 9.17) is 10.7 Å². The Morgan fingerprint density at radius 3 is 2.50 bits per heavy atom. The van der Waals surface area contributed by atoms with Crippen molar-refractivity contribution < 1.29 is 0 Å². The fourth-order valence-electron chi connectivity index (χ4n) is 2.43. The monoisotopic (exact) mass is 288 g/mol. The molecule has 2 N–H and O–H groups in total. The standard InChI is InChI=1S/C15H20N4S/c1-18-7-9-19(10-8-18)15-17-14(13(11-16)20-15)12-5-3-2-4-6-12/h2-6H,7-11,16H2,1H3. The number of nitrogens with zero attached hydrogens (tertiary/aromatic N) is 3. The van der Waals surface area contributed by atoms with Gasteiger partial charge < -0.3 is 15.5 Å². The van der Waals surface area contributed by atoms with Gasteiger partial charge in [0.2, 0.25) is 0 Å². The van der Waals surface area contributed by atoms with Crippen LogP contribution in [0.25, 0.3) is 11.3 Å². The smallest absolute Gasteiger partial charge is 0.186 e. The van der Waals surface area contributed by atoms with Crippen LogP contribution in [0.4, 0.5) is 5.13 Å². The molecule has 0 spiro atoms. The first-order chi connectivity index (χ1) is 9.78. The number of likely N-dealkylation sites (N-methyl/N-ethyl adjacent to an activating group) is 1. The van der Waals surface area contributed by atoms with Gasteiger partial charge in [0, 0.05) is 43.2 Å². The second-order valence-electron chi connectivity index (χ2n) is 5.13. The number of piperazine rings is 1. The van der Waals surface area contributed by atoms with Gasteiger partial charge in [-0.05, 0) is 7.05 Å². The number of hydrogen-bond donors (Lipinski definition) is 1. The van der Waals surface area contributed by atoms with Gasteiger partial charge in [0.05, 0.1) is 5.69 Å². The maximum Gasteiger partial charge on any atom is 0.186 e. The van der Waals surface area contributed by atoms with Crippen molar-refractivity contribution in [3.63, 3.8) is 0 Å². The molecule has 0 bridgehead atoms. The van der Waals surface area contributed by atoms with Crippen LogP contribution in [0.15, 0.2) is 30.3 Å². The van der Waals surface area contributed by atoms with Crippen molar-refractivity contribution in [2.45, 2.75) is 6.54 Å². The van der Waals surface area contributed by atoms with E-state index >= 15 is 0 Å². The zero-order valence-electron chi connectivity index (χ0n) is 11.7. The molecule has 0 unspecified atom stereocenters. The van der Waals surface area contributed by atoms with Crippen LogP contribution in [0.5, 0.6) is 0 Å². The Morgan fingerprint density at radius 1 is 1.15 bits per heavy atom. The minimum absolute atomic E-state index is 0.551. The molecule has 0 saturated carbocycles. The van der Waals surface area contributed by atoms with E-state index < -0.39 is 0 Å². The van der Waals surface area contributed by atoms with Gasteiger partial charge in [0.15, 0.2) is 5.13 Å². The highest BCUT2D eigenvalue weighted by Gasteiger charge is 2.20. The third-order valence-corrected chi connectivity index (χ3v) is 4.83. The molecule has 1 aromatic heterocycles. The number of anilines is 1. The van der Waals surface area contributed by atoms with E-state index in [0.29, 0.717) is 6.54 Å². The van der Waals surface area contributed by atoms with Gasteiger partial charge >= 0.3 is 0 Å². The number of rotatable bonds is 3. The summed E-state index contributed by atoms with van der Waals surface area (Å²) in [6, 6.07) is 10.3. The van der Waals surface area contributed by atoms with Gasteiger partial charge in [0.25, 0.3) is 0 Å². The molecule has 106 valence electrons. The van der Waals surface area contributed by atoms with Crippen LogP contribution in [-0.4, -0.2) is 43.1 Å². The second kappa shape index (κ2) is 5.91. The molecule has 0 atom stereocenters. The van der Waals surface area contributed by atoms with E-state index in [1.54, 1.807) is 11.3 Å². The van der Waals surface area contributed by atoms with Crippen molar-refractivity contribution in [1.82, 2.24) is 9.88 Å². The van der Waals surface area contributed by atoms with Crippen LogP contribution >= 0.6 is 11.3 Å². The summed E-state index contributed by atoms with van der Waals surface area (Å²) in [5.41, 5.74) is 8.10. The van der Waals surface area contributed by atoms with Crippen LogP contribution in [0, 0.1) is 0 Å². The Labute approximate surface area is 123 Å². The third kappa shape index (κ3) is 2.70. The van der Waals surface area contributed by atoms with Crippen LogP contribution in [0.3, 0.4) is 0 Å². The van der Waals surface area contributed by atoms with E-state index in [9.17, 15) is 0 Å². The molecule has 1 aromatic carbocycles. The highest BCUT2D eigenvalue weighted by atomic mass is 32.1. The lowest BCUT2D eigenvalue weighted by atomic mass is 10.1. The van der Waals surface area contributed by atoms with Gasteiger partial charge in [0.1, 0.15) is 0 Å². The van der Waals surface area contributed by atoms with Gasteiger partial charge in [-0.2, -0.15) is 0 Å². The van der Waals surface area contributed by atoms with Crippen LogP contribution in [0.2, 0.25) is 0 Å². The molecule has 0 amide bonds. The molecule has 1 saturated heterocycles. The molecule has 1 aliphatic rings. The van der Waals surface area contributed by atoms with Crippen LogP contribution in [0.1, 0.15) is 4.88 Å². The fourth-order valence-corrected chi connectivity index (χ4v) is 3.44. The summed E-state index contributed by atoms with van der Waals surface area (Å²) in [6.07, 6.45) is 0. The molecular weight excluding hydrogens is 268 g/mol. The number of thiazole rings is 1. The zero-order valence-corrected chi connectivity index (χ0v) is 12.6. The maximum absolute atomic E-state index is 5.90. The first kappa shape index (κ1) is 13.5. The van der Waals surface area contributed by atoms with Crippen molar-refractivity contribution >= 4 is 16.5 Å². The minimum atomic E-state index is 0.551. The van der Waals surface area contributed by atoms with E-state index in [1.165, 1.54) is 4.88 Å². The Bertz CT molecular complexity index is 559.